The molecule has 140 valence electrons. The average Bonchev–Trinajstić information content (AvgIpc) is 2.45. The summed E-state index contributed by atoms with van der Waals surface area (Å²) in [5.74, 6) is 0. The Balaban J connectivity index is 3.03. The highest BCUT2D eigenvalue weighted by molar-refractivity contribution is 4.57. The first kappa shape index (κ1) is 22.8. The lowest BCUT2D eigenvalue weighted by Crippen LogP contribution is -2.22. The molecule has 6 heteroatoms. The Kier molecular flexibility index (Phi) is 15.1. The van der Waals surface area contributed by atoms with Crippen LogP contribution in [0.4, 0.5) is 0 Å². The summed E-state index contributed by atoms with van der Waals surface area (Å²) in [6.07, 6.45) is 0.252. The van der Waals surface area contributed by atoms with Crippen LogP contribution in [0.25, 0.3) is 0 Å². The summed E-state index contributed by atoms with van der Waals surface area (Å²) in [7, 11) is 0. The normalized spacial score (nSPS) is 12.3. The molecule has 0 unspecified atom stereocenters. The van der Waals surface area contributed by atoms with E-state index in [0.717, 1.165) is 0 Å². The third-order valence-electron chi connectivity index (χ3n) is 2.56. The largest absolute Gasteiger partial charge is 0.377 e. The topological polar surface area (TPSA) is 55.4 Å². The van der Waals surface area contributed by atoms with Gasteiger partial charge in [-0.1, -0.05) is 0 Å². The number of hydrogen-bond acceptors (Lipinski definition) is 6. The van der Waals surface area contributed by atoms with Crippen LogP contribution in [0, 0.1) is 0 Å². The first-order valence-electron chi connectivity index (χ1n) is 8.48. The van der Waals surface area contributed by atoms with E-state index in [0.29, 0.717) is 66.1 Å². The van der Waals surface area contributed by atoms with Crippen LogP contribution in [-0.4, -0.2) is 77.8 Å². The minimum Gasteiger partial charge on any atom is -0.377 e. The van der Waals surface area contributed by atoms with Gasteiger partial charge in [-0.15, -0.1) is 0 Å². The lowest BCUT2D eigenvalue weighted by Gasteiger charge is -2.19. The van der Waals surface area contributed by atoms with Crippen molar-refractivity contribution in [2.45, 2.75) is 46.3 Å². The molecule has 0 heterocycles. The highest BCUT2D eigenvalue weighted by atomic mass is 16.6. The molecule has 0 radical (unpaired) electrons. The predicted octanol–water partition coefficient (Wildman–Crippen LogP) is 2.29. The van der Waals surface area contributed by atoms with Crippen LogP contribution in [0.3, 0.4) is 0 Å². The summed E-state index contributed by atoms with van der Waals surface area (Å²) in [6.45, 7) is 16.0. The van der Waals surface area contributed by atoms with Crippen LogP contribution in [0.2, 0.25) is 0 Å². The first-order valence-corrected chi connectivity index (χ1v) is 8.48. The van der Waals surface area contributed by atoms with Crippen molar-refractivity contribution in [2.75, 3.05) is 66.1 Å². The van der Waals surface area contributed by atoms with Gasteiger partial charge in [-0.05, 0) is 34.6 Å². The summed E-state index contributed by atoms with van der Waals surface area (Å²) in [4.78, 5) is 0. The standard InChI is InChI=1S/C17H36O6/c1-16(2)22-14-12-20-10-8-18-6-7-19-9-11-21-13-15-23-17(3,4)5/h16H,6-15H2,1-5H3. The van der Waals surface area contributed by atoms with Gasteiger partial charge >= 0.3 is 0 Å². The molecule has 0 aromatic heterocycles. The van der Waals surface area contributed by atoms with Crippen molar-refractivity contribution in [3.63, 3.8) is 0 Å². The van der Waals surface area contributed by atoms with E-state index >= 15 is 0 Å². The van der Waals surface area contributed by atoms with E-state index in [9.17, 15) is 0 Å². The Hall–Kier alpha value is -0.240. The van der Waals surface area contributed by atoms with E-state index in [1.807, 2.05) is 34.6 Å². The average molecular weight is 336 g/mol. The zero-order valence-corrected chi connectivity index (χ0v) is 15.6. The molecule has 0 aromatic rings. The fourth-order valence-electron chi connectivity index (χ4n) is 1.51. The lowest BCUT2D eigenvalue weighted by atomic mass is 10.2. The van der Waals surface area contributed by atoms with Gasteiger partial charge in [-0.25, -0.2) is 0 Å². The maximum absolute atomic E-state index is 5.54. The smallest absolute Gasteiger partial charge is 0.0707 e. The Morgan fingerprint density at radius 2 is 0.913 bits per heavy atom. The highest BCUT2D eigenvalue weighted by Crippen LogP contribution is 2.05. The van der Waals surface area contributed by atoms with Crippen molar-refractivity contribution in [2.24, 2.45) is 0 Å². The molecule has 0 bridgehead atoms. The molecule has 0 N–H and O–H groups in total. The van der Waals surface area contributed by atoms with Crippen molar-refractivity contribution in [3.05, 3.63) is 0 Å². The summed E-state index contributed by atoms with van der Waals surface area (Å²) in [5.41, 5.74) is -0.109. The predicted molar refractivity (Wildman–Crippen MR) is 90.1 cm³/mol. The highest BCUT2D eigenvalue weighted by Gasteiger charge is 2.08. The molecule has 0 aliphatic heterocycles. The van der Waals surface area contributed by atoms with Crippen LogP contribution in [-0.2, 0) is 28.4 Å². The van der Waals surface area contributed by atoms with Gasteiger partial charge in [0.1, 0.15) is 0 Å². The summed E-state index contributed by atoms with van der Waals surface area (Å²) < 4.78 is 32.5. The van der Waals surface area contributed by atoms with E-state index in [1.165, 1.54) is 0 Å². The molecular weight excluding hydrogens is 300 g/mol. The number of rotatable bonds is 16. The van der Waals surface area contributed by atoms with Crippen LogP contribution in [0.15, 0.2) is 0 Å². The molecule has 0 aromatic carbocycles. The Morgan fingerprint density at radius 1 is 0.565 bits per heavy atom. The molecule has 0 atom stereocenters. The Labute approximate surface area is 141 Å². The molecule has 0 aliphatic rings. The molecule has 0 fully saturated rings. The van der Waals surface area contributed by atoms with Crippen molar-refractivity contribution >= 4 is 0 Å². The minimum atomic E-state index is -0.109. The van der Waals surface area contributed by atoms with Crippen molar-refractivity contribution < 1.29 is 28.4 Å². The van der Waals surface area contributed by atoms with Gasteiger partial charge in [0.15, 0.2) is 0 Å². The van der Waals surface area contributed by atoms with Crippen molar-refractivity contribution in [1.82, 2.24) is 0 Å². The molecule has 0 rings (SSSR count). The second-order valence-electron chi connectivity index (χ2n) is 6.33. The van der Waals surface area contributed by atoms with Gasteiger partial charge in [-0.3, -0.25) is 0 Å². The van der Waals surface area contributed by atoms with Crippen molar-refractivity contribution in [3.8, 4) is 0 Å². The molecule has 0 saturated carbocycles. The van der Waals surface area contributed by atoms with Gasteiger partial charge in [0.2, 0.25) is 0 Å². The van der Waals surface area contributed by atoms with Crippen LogP contribution in [0.5, 0.6) is 0 Å². The van der Waals surface area contributed by atoms with E-state index in [4.69, 9.17) is 28.4 Å². The lowest BCUT2D eigenvalue weighted by molar-refractivity contribution is -0.0467. The second kappa shape index (κ2) is 15.3. The van der Waals surface area contributed by atoms with E-state index < -0.39 is 0 Å². The zero-order chi connectivity index (χ0) is 17.4. The maximum Gasteiger partial charge on any atom is 0.0707 e. The van der Waals surface area contributed by atoms with Gasteiger partial charge in [-0.2, -0.15) is 0 Å². The molecule has 6 nitrogen and oxygen atoms in total. The second-order valence-corrected chi connectivity index (χ2v) is 6.33. The fourth-order valence-corrected chi connectivity index (χ4v) is 1.51. The maximum atomic E-state index is 5.54. The van der Waals surface area contributed by atoms with Gasteiger partial charge in [0.25, 0.3) is 0 Å². The van der Waals surface area contributed by atoms with Gasteiger partial charge in [0, 0.05) is 0 Å². The summed E-state index contributed by atoms with van der Waals surface area (Å²) in [5, 5.41) is 0. The molecular formula is C17H36O6. The summed E-state index contributed by atoms with van der Waals surface area (Å²) in [6, 6.07) is 0. The van der Waals surface area contributed by atoms with E-state index in [2.05, 4.69) is 0 Å². The Morgan fingerprint density at radius 3 is 1.26 bits per heavy atom. The van der Waals surface area contributed by atoms with E-state index in [1.54, 1.807) is 0 Å². The molecule has 23 heavy (non-hydrogen) atoms. The van der Waals surface area contributed by atoms with Gasteiger partial charge in [0.05, 0.1) is 77.8 Å². The van der Waals surface area contributed by atoms with Crippen molar-refractivity contribution in [1.29, 1.82) is 0 Å². The third-order valence-corrected chi connectivity index (χ3v) is 2.56. The SMILES string of the molecule is CC(C)OCCOCCOCCOCCOCCOC(C)(C)C. The summed E-state index contributed by atoms with van der Waals surface area (Å²) >= 11 is 0. The molecule has 0 saturated heterocycles. The van der Waals surface area contributed by atoms with Gasteiger partial charge < -0.3 is 28.4 Å². The molecule has 0 aliphatic carbocycles. The van der Waals surface area contributed by atoms with Crippen LogP contribution in [0.1, 0.15) is 34.6 Å². The number of hydrogen-bond donors (Lipinski definition) is 0. The number of ether oxygens (including phenoxy) is 6. The zero-order valence-electron chi connectivity index (χ0n) is 15.6. The monoisotopic (exact) mass is 336 g/mol. The Bertz CT molecular complexity index is 240. The van der Waals surface area contributed by atoms with Crippen LogP contribution < -0.4 is 0 Å². The minimum absolute atomic E-state index is 0.109. The fraction of sp³-hybridized carbons (Fsp3) is 1.00. The first-order chi connectivity index (χ1) is 10.9. The van der Waals surface area contributed by atoms with E-state index in [-0.39, 0.29) is 11.7 Å². The third kappa shape index (κ3) is 21.8. The van der Waals surface area contributed by atoms with Crippen LogP contribution >= 0.6 is 0 Å². The molecule has 0 amide bonds. The molecule has 0 spiro atoms. The quantitative estimate of drug-likeness (QED) is 0.403.